The van der Waals surface area contributed by atoms with Crippen LogP contribution in [0.1, 0.15) is 22.8 Å². The van der Waals surface area contributed by atoms with E-state index in [4.69, 9.17) is 38.4 Å². The predicted octanol–water partition coefficient (Wildman–Crippen LogP) is 3.02. The normalized spacial score (nSPS) is 10.6. The second kappa shape index (κ2) is 9.80. The van der Waals surface area contributed by atoms with Crippen molar-refractivity contribution in [3.05, 3.63) is 57.6 Å². The fourth-order valence-electron chi connectivity index (χ4n) is 2.04. The van der Waals surface area contributed by atoms with Crippen molar-refractivity contribution < 1.29 is 19.1 Å². The molecule has 0 bridgehead atoms. The van der Waals surface area contributed by atoms with E-state index in [-0.39, 0.29) is 23.3 Å². The second-order valence-electron chi connectivity index (χ2n) is 5.22. The van der Waals surface area contributed by atoms with Gasteiger partial charge in [0.05, 0.1) is 17.8 Å². The lowest BCUT2D eigenvalue weighted by atomic mass is 10.2. The van der Waals surface area contributed by atoms with Gasteiger partial charge < -0.3 is 15.2 Å². The van der Waals surface area contributed by atoms with Crippen LogP contribution in [0.4, 0.5) is 0 Å². The zero-order chi connectivity index (χ0) is 19.8. The van der Waals surface area contributed by atoms with Crippen LogP contribution >= 0.6 is 23.2 Å². The summed E-state index contributed by atoms with van der Waals surface area (Å²) in [5.74, 6) is -0.485. The van der Waals surface area contributed by atoms with Crippen LogP contribution in [0, 0.1) is 0 Å². The molecule has 142 valence electrons. The van der Waals surface area contributed by atoms with E-state index in [9.17, 15) is 9.59 Å². The molecule has 0 aliphatic heterocycles. The highest BCUT2D eigenvalue weighted by Gasteiger charge is 2.13. The zero-order valence-electron chi connectivity index (χ0n) is 14.4. The number of hydrogen-bond acceptors (Lipinski definition) is 5. The number of carbonyl (C=O) groups excluding carboxylic acids is 2. The Kier molecular flexibility index (Phi) is 7.45. The fourth-order valence-corrected chi connectivity index (χ4v) is 2.44. The van der Waals surface area contributed by atoms with Gasteiger partial charge in [0.15, 0.2) is 18.1 Å². The van der Waals surface area contributed by atoms with Crippen molar-refractivity contribution in [2.24, 2.45) is 10.8 Å². The lowest BCUT2D eigenvalue weighted by Gasteiger charge is -2.13. The molecule has 27 heavy (non-hydrogen) atoms. The maximum atomic E-state index is 12.0. The SMILES string of the molecule is CCOc1cc(/C=N/NC(=O)c2ccc(Cl)cc2)cc(Cl)c1OCC(N)=O. The number of primary amides is 1. The number of ether oxygens (including phenoxy) is 2. The van der Waals surface area contributed by atoms with E-state index in [1.165, 1.54) is 6.21 Å². The Morgan fingerprint density at radius 2 is 1.89 bits per heavy atom. The number of carbonyl (C=O) groups is 2. The number of hydrazone groups is 1. The molecule has 9 heteroatoms. The number of nitrogens with zero attached hydrogens (tertiary/aromatic N) is 1. The number of nitrogens with one attached hydrogen (secondary N) is 1. The Balaban J connectivity index is 2.12. The highest BCUT2D eigenvalue weighted by atomic mass is 35.5. The van der Waals surface area contributed by atoms with Gasteiger partial charge in [0.2, 0.25) is 0 Å². The van der Waals surface area contributed by atoms with Gasteiger partial charge in [-0.05, 0) is 48.9 Å². The predicted molar refractivity (Wildman–Crippen MR) is 104 cm³/mol. The second-order valence-corrected chi connectivity index (χ2v) is 6.07. The molecule has 0 aliphatic rings. The third-order valence-electron chi connectivity index (χ3n) is 3.18. The molecule has 0 saturated carbocycles. The van der Waals surface area contributed by atoms with Crippen LogP contribution in [0.15, 0.2) is 41.5 Å². The fraction of sp³-hybridized carbons (Fsp3) is 0.167. The number of amides is 2. The van der Waals surface area contributed by atoms with Crippen LogP contribution < -0.4 is 20.6 Å². The first-order valence-corrected chi connectivity index (χ1v) is 8.62. The van der Waals surface area contributed by atoms with E-state index in [0.29, 0.717) is 28.5 Å². The molecule has 0 aromatic heterocycles. The van der Waals surface area contributed by atoms with Crippen molar-refractivity contribution in [2.75, 3.05) is 13.2 Å². The largest absolute Gasteiger partial charge is 0.490 e. The van der Waals surface area contributed by atoms with Crippen molar-refractivity contribution in [1.82, 2.24) is 5.43 Å². The molecule has 0 radical (unpaired) electrons. The summed E-state index contributed by atoms with van der Waals surface area (Å²) < 4.78 is 10.8. The molecule has 0 spiro atoms. The van der Waals surface area contributed by atoms with Crippen LogP contribution in [-0.4, -0.2) is 31.2 Å². The van der Waals surface area contributed by atoms with Gasteiger partial charge >= 0.3 is 0 Å². The van der Waals surface area contributed by atoms with Crippen LogP contribution in [0.25, 0.3) is 0 Å². The topological polar surface area (TPSA) is 103 Å². The van der Waals surface area contributed by atoms with E-state index < -0.39 is 5.91 Å². The van der Waals surface area contributed by atoms with Gasteiger partial charge in [-0.3, -0.25) is 9.59 Å². The molecule has 0 fully saturated rings. The van der Waals surface area contributed by atoms with Gasteiger partial charge in [0.25, 0.3) is 11.8 Å². The summed E-state index contributed by atoms with van der Waals surface area (Å²) in [5.41, 5.74) is 8.46. The molecule has 0 saturated heterocycles. The average molecular weight is 410 g/mol. The summed E-state index contributed by atoms with van der Waals surface area (Å²) in [6.07, 6.45) is 1.40. The minimum Gasteiger partial charge on any atom is -0.490 e. The molecule has 2 aromatic carbocycles. The number of hydrogen-bond donors (Lipinski definition) is 2. The number of rotatable bonds is 8. The summed E-state index contributed by atoms with van der Waals surface area (Å²) in [6.45, 7) is 1.82. The van der Waals surface area contributed by atoms with Crippen molar-refractivity contribution in [3.8, 4) is 11.5 Å². The maximum Gasteiger partial charge on any atom is 0.271 e. The summed E-state index contributed by atoms with van der Waals surface area (Å²) in [4.78, 5) is 22.9. The van der Waals surface area contributed by atoms with Crippen LogP contribution in [0.3, 0.4) is 0 Å². The minimum atomic E-state index is -0.635. The molecule has 2 amide bonds. The Labute approximate surface area is 166 Å². The highest BCUT2D eigenvalue weighted by molar-refractivity contribution is 6.32. The standard InChI is InChI=1S/C18H17Cl2N3O4/c1-2-26-15-8-11(7-14(20)17(15)27-10-16(21)24)9-22-23-18(25)12-3-5-13(19)6-4-12/h3-9H,2,10H2,1H3,(H2,21,24)(H,23,25)/b22-9+. The lowest BCUT2D eigenvalue weighted by molar-refractivity contribution is -0.119. The van der Waals surface area contributed by atoms with Crippen molar-refractivity contribution in [1.29, 1.82) is 0 Å². The first kappa shape index (κ1) is 20.5. The Bertz CT molecular complexity index is 854. The number of halogens is 2. The maximum absolute atomic E-state index is 12.0. The number of nitrogens with two attached hydrogens (primary N) is 1. The van der Waals surface area contributed by atoms with Gasteiger partial charge in [-0.25, -0.2) is 5.43 Å². The molecule has 2 rings (SSSR count). The molecule has 2 aromatic rings. The molecule has 7 nitrogen and oxygen atoms in total. The first-order valence-electron chi connectivity index (χ1n) is 7.87. The van der Waals surface area contributed by atoms with Gasteiger partial charge in [0, 0.05) is 10.6 Å². The van der Waals surface area contributed by atoms with E-state index in [0.717, 1.165) is 0 Å². The molecular weight excluding hydrogens is 393 g/mol. The summed E-state index contributed by atoms with van der Waals surface area (Å²) in [6, 6.07) is 9.56. The summed E-state index contributed by atoms with van der Waals surface area (Å²) in [7, 11) is 0. The number of benzene rings is 2. The van der Waals surface area contributed by atoms with E-state index in [2.05, 4.69) is 10.5 Å². The highest BCUT2D eigenvalue weighted by Crippen LogP contribution is 2.36. The lowest BCUT2D eigenvalue weighted by Crippen LogP contribution is -2.20. The molecule has 3 N–H and O–H groups in total. The van der Waals surface area contributed by atoms with Crippen molar-refractivity contribution >= 4 is 41.2 Å². The van der Waals surface area contributed by atoms with Gasteiger partial charge in [0.1, 0.15) is 0 Å². The molecular formula is C18H17Cl2N3O4. The Morgan fingerprint density at radius 3 is 2.52 bits per heavy atom. The molecule has 0 heterocycles. The monoisotopic (exact) mass is 409 g/mol. The van der Waals surface area contributed by atoms with Gasteiger partial charge in [-0.2, -0.15) is 5.10 Å². The van der Waals surface area contributed by atoms with Crippen molar-refractivity contribution in [3.63, 3.8) is 0 Å². The van der Waals surface area contributed by atoms with E-state index >= 15 is 0 Å². The van der Waals surface area contributed by atoms with Crippen LogP contribution in [-0.2, 0) is 4.79 Å². The van der Waals surface area contributed by atoms with Crippen LogP contribution in [0.2, 0.25) is 10.0 Å². The molecule has 0 aliphatic carbocycles. The smallest absolute Gasteiger partial charge is 0.271 e. The summed E-state index contributed by atoms with van der Waals surface area (Å²) >= 11 is 12.0. The minimum absolute atomic E-state index is 0.208. The van der Waals surface area contributed by atoms with Crippen molar-refractivity contribution in [2.45, 2.75) is 6.92 Å². The third kappa shape index (κ3) is 6.16. The zero-order valence-corrected chi connectivity index (χ0v) is 15.9. The Morgan fingerprint density at radius 1 is 1.19 bits per heavy atom. The quantitative estimate of drug-likeness (QED) is 0.516. The van der Waals surface area contributed by atoms with E-state index in [1.54, 1.807) is 43.3 Å². The van der Waals surface area contributed by atoms with Gasteiger partial charge in [-0.15, -0.1) is 0 Å². The van der Waals surface area contributed by atoms with E-state index in [1.807, 2.05) is 0 Å². The Hall–Kier alpha value is -2.77. The third-order valence-corrected chi connectivity index (χ3v) is 3.71. The average Bonchev–Trinajstić information content (AvgIpc) is 2.61. The van der Waals surface area contributed by atoms with Gasteiger partial charge in [-0.1, -0.05) is 23.2 Å². The molecule has 0 unspecified atom stereocenters. The summed E-state index contributed by atoms with van der Waals surface area (Å²) in [5, 5.41) is 4.65. The first-order chi connectivity index (χ1) is 12.9. The van der Waals surface area contributed by atoms with Crippen LogP contribution in [0.5, 0.6) is 11.5 Å². The molecule has 0 atom stereocenters.